The summed E-state index contributed by atoms with van der Waals surface area (Å²) in [6.45, 7) is 1.83. The SMILES string of the molecule is CCOC(=O)c1ccc2nc(NC(=O)Cn3cnc4scc(-c5ccc6ccccc6c5)c4c3=O)sc2c1. The van der Waals surface area contributed by atoms with Gasteiger partial charge in [0, 0.05) is 10.9 Å². The third-order valence-corrected chi connectivity index (χ3v) is 7.90. The Kier molecular flexibility index (Phi) is 6.18. The number of benzene rings is 3. The van der Waals surface area contributed by atoms with Crippen molar-refractivity contribution in [3.63, 3.8) is 0 Å². The first-order valence-electron chi connectivity index (χ1n) is 11.8. The number of rotatable bonds is 6. The van der Waals surface area contributed by atoms with Gasteiger partial charge in [0.25, 0.3) is 5.56 Å². The first kappa shape index (κ1) is 24.0. The first-order valence-corrected chi connectivity index (χ1v) is 13.5. The summed E-state index contributed by atoms with van der Waals surface area (Å²) in [4.78, 5) is 47.7. The maximum Gasteiger partial charge on any atom is 0.338 e. The number of thiazole rings is 1. The summed E-state index contributed by atoms with van der Waals surface area (Å²) in [5.41, 5.74) is 2.51. The highest BCUT2D eigenvalue weighted by Crippen LogP contribution is 2.32. The van der Waals surface area contributed by atoms with Gasteiger partial charge in [0.1, 0.15) is 11.4 Å². The van der Waals surface area contributed by atoms with Gasteiger partial charge < -0.3 is 10.1 Å². The zero-order valence-electron chi connectivity index (χ0n) is 20.1. The maximum absolute atomic E-state index is 13.4. The molecule has 6 aromatic rings. The number of nitrogens with one attached hydrogen (secondary N) is 1. The van der Waals surface area contributed by atoms with Crippen molar-refractivity contribution in [1.29, 1.82) is 0 Å². The van der Waals surface area contributed by atoms with E-state index in [4.69, 9.17) is 4.74 Å². The van der Waals surface area contributed by atoms with Crippen LogP contribution in [0.1, 0.15) is 17.3 Å². The quantitative estimate of drug-likeness (QED) is 0.272. The number of hydrogen-bond acceptors (Lipinski definition) is 8. The Morgan fingerprint density at radius 3 is 2.74 bits per heavy atom. The molecule has 0 unspecified atom stereocenters. The molecule has 1 N–H and O–H groups in total. The molecule has 0 atom stereocenters. The summed E-state index contributed by atoms with van der Waals surface area (Å²) in [5, 5.41) is 7.76. The van der Waals surface area contributed by atoms with Crippen LogP contribution in [0.5, 0.6) is 0 Å². The number of aromatic nitrogens is 3. The van der Waals surface area contributed by atoms with E-state index in [1.54, 1.807) is 25.1 Å². The number of fused-ring (bicyclic) bond motifs is 3. The van der Waals surface area contributed by atoms with Crippen molar-refractivity contribution >= 4 is 70.9 Å². The molecule has 0 aliphatic carbocycles. The second-order valence-electron chi connectivity index (χ2n) is 8.54. The fourth-order valence-corrected chi connectivity index (χ4v) is 6.11. The van der Waals surface area contributed by atoms with E-state index in [1.165, 1.54) is 33.6 Å². The Bertz CT molecular complexity index is 1920. The van der Waals surface area contributed by atoms with Gasteiger partial charge in [0.2, 0.25) is 5.91 Å². The van der Waals surface area contributed by atoms with Gasteiger partial charge in [-0.15, -0.1) is 11.3 Å². The minimum atomic E-state index is -0.410. The van der Waals surface area contributed by atoms with Crippen molar-refractivity contribution in [2.75, 3.05) is 11.9 Å². The second-order valence-corrected chi connectivity index (χ2v) is 10.4. The van der Waals surface area contributed by atoms with Crippen LogP contribution in [0.2, 0.25) is 0 Å². The predicted octanol–water partition coefficient (Wildman–Crippen LogP) is 5.70. The second kappa shape index (κ2) is 9.81. The number of nitrogens with zero attached hydrogens (tertiary/aromatic N) is 3. The van der Waals surface area contributed by atoms with Crippen LogP contribution in [-0.2, 0) is 16.1 Å². The maximum atomic E-state index is 13.4. The Labute approximate surface area is 224 Å². The van der Waals surface area contributed by atoms with E-state index in [1.807, 2.05) is 41.8 Å². The molecule has 188 valence electrons. The molecule has 0 fully saturated rings. The number of esters is 1. The monoisotopic (exact) mass is 540 g/mol. The molecule has 3 heterocycles. The molecular formula is C28H20N4O4S2. The van der Waals surface area contributed by atoms with Crippen LogP contribution < -0.4 is 10.9 Å². The molecule has 0 aliphatic rings. The van der Waals surface area contributed by atoms with E-state index >= 15 is 0 Å². The fraction of sp³-hybridized carbons (Fsp3) is 0.107. The van der Waals surface area contributed by atoms with Gasteiger partial charge in [-0.1, -0.05) is 47.7 Å². The zero-order valence-corrected chi connectivity index (χ0v) is 21.8. The van der Waals surface area contributed by atoms with Gasteiger partial charge in [0.15, 0.2) is 5.13 Å². The third kappa shape index (κ3) is 4.44. The van der Waals surface area contributed by atoms with E-state index in [-0.39, 0.29) is 18.7 Å². The summed E-state index contributed by atoms with van der Waals surface area (Å²) < 4.78 is 7.09. The summed E-state index contributed by atoms with van der Waals surface area (Å²) in [6, 6.07) is 19.2. The lowest BCUT2D eigenvalue weighted by atomic mass is 10.0. The lowest BCUT2D eigenvalue weighted by Gasteiger charge is -2.07. The van der Waals surface area contributed by atoms with Crippen molar-refractivity contribution < 1.29 is 14.3 Å². The number of carbonyl (C=O) groups excluding carboxylic acids is 2. The van der Waals surface area contributed by atoms with Crippen molar-refractivity contribution in [1.82, 2.24) is 14.5 Å². The van der Waals surface area contributed by atoms with Crippen molar-refractivity contribution in [3.05, 3.63) is 88.3 Å². The molecule has 6 rings (SSSR count). The molecule has 10 heteroatoms. The highest BCUT2D eigenvalue weighted by molar-refractivity contribution is 7.22. The Morgan fingerprint density at radius 2 is 1.89 bits per heavy atom. The van der Waals surface area contributed by atoms with Crippen LogP contribution in [0.4, 0.5) is 5.13 Å². The van der Waals surface area contributed by atoms with E-state index in [2.05, 4.69) is 21.4 Å². The van der Waals surface area contributed by atoms with Crippen LogP contribution in [0.3, 0.4) is 0 Å². The lowest BCUT2D eigenvalue weighted by Crippen LogP contribution is -2.27. The average Bonchev–Trinajstić information content (AvgIpc) is 3.53. The van der Waals surface area contributed by atoms with Crippen LogP contribution in [0.25, 0.3) is 42.3 Å². The number of thiophene rings is 1. The van der Waals surface area contributed by atoms with E-state index in [9.17, 15) is 14.4 Å². The molecule has 1 amide bonds. The topological polar surface area (TPSA) is 103 Å². The summed E-state index contributed by atoms with van der Waals surface area (Å²) in [5.74, 6) is -0.812. The molecule has 0 spiro atoms. The Hall–Kier alpha value is -4.41. The van der Waals surface area contributed by atoms with Gasteiger partial charge in [-0.3, -0.25) is 14.2 Å². The van der Waals surface area contributed by atoms with Gasteiger partial charge in [-0.05, 0) is 47.5 Å². The van der Waals surface area contributed by atoms with Crippen molar-refractivity contribution in [2.24, 2.45) is 0 Å². The summed E-state index contributed by atoms with van der Waals surface area (Å²) >= 11 is 2.64. The standard InChI is InChI=1S/C28H20N4O4S2/c1-2-36-27(35)19-9-10-21-22(12-19)38-28(30-21)31-23(33)13-32-15-29-25-24(26(32)34)20(14-37-25)18-8-7-16-5-3-4-6-17(16)11-18/h3-12,14-15H,2,13H2,1H3,(H,30,31,33). The Morgan fingerprint density at radius 1 is 1.05 bits per heavy atom. The number of ether oxygens (including phenoxy) is 1. The van der Waals surface area contributed by atoms with Crippen LogP contribution in [0.15, 0.2) is 77.2 Å². The average molecular weight is 541 g/mol. The first-order chi connectivity index (χ1) is 18.5. The normalized spacial score (nSPS) is 11.3. The van der Waals surface area contributed by atoms with Crippen LogP contribution in [0, 0.1) is 0 Å². The van der Waals surface area contributed by atoms with Crippen LogP contribution >= 0.6 is 22.7 Å². The Balaban J connectivity index is 1.26. The molecule has 3 aromatic carbocycles. The largest absolute Gasteiger partial charge is 0.462 e. The lowest BCUT2D eigenvalue weighted by molar-refractivity contribution is -0.116. The van der Waals surface area contributed by atoms with Crippen molar-refractivity contribution in [3.8, 4) is 11.1 Å². The summed E-state index contributed by atoms with van der Waals surface area (Å²) in [7, 11) is 0. The van der Waals surface area contributed by atoms with Gasteiger partial charge in [0.05, 0.1) is 34.1 Å². The molecule has 0 bridgehead atoms. The molecule has 3 aromatic heterocycles. The minimum Gasteiger partial charge on any atom is -0.462 e. The van der Waals surface area contributed by atoms with E-state index in [0.29, 0.717) is 26.4 Å². The minimum absolute atomic E-state index is 0.210. The third-order valence-electron chi connectivity index (χ3n) is 6.08. The molecule has 8 nitrogen and oxygen atoms in total. The number of anilines is 1. The fourth-order valence-electron chi connectivity index (χ4n) is 4.28. The predicted molar refractivity (Wildman–Crippen MR) is 151 cm³/mol. The van der Waals surface area contributed by atoms with Gasteiger partial charge in [-0.25, -0.2) is 14.8 Å². The number of hydrogen-bond donors (Lipinski definition) is 1. The van der Waals surface area contributed by atoms with Crippen molar-refractivity contribution in [2.45, 2.75) is 13.5 Å². The van der Waals surface area contributed by atoms with Crippen LogP contribution in [-0.4, -0.2) is 33.0 Å². The number of carbonyl (C=O) groups is 2. The molecular weight excluding hydrogens is 520 g/mol. The number of amides is 1. The molecule has 0 saturated carbocycles. The zero-order chi connectivity index (χ0) is 26.2. The molecule has 38 heavy (non-hydrogen) atoms. The van der Waals surface area contributed by atoms with E-state index in [0.717, 1.165) is 26.6 Å². The van der Waals surface area contributed by atoms with Gasteiger partial charge >= 0.3 is 5.97 Å². The van der Waals surface area contributed by atoms with Gasteiger partial charge in [-0.2, -0.15) is 0 Å². The molecule has 0 radical (unpaired) electrons. The van der Waals surface area contributed by atoms with E-state index < -0.39 is 11.9 Å². The molecule has 0 aliphatic heterocycles. The highest BCUT2D eigenvalue weighted by Gasteiger charge is 2.16. The highest BCUT2D eigenvalue weighted by atomic mass is 32.1. The summed E-state index contributed by atoms with van der Waals surface area (Å²) in [6.07, 6.45) is 1.40. The smallest absolute Gasteiger partial charge is 0.338 e. The molecule has 0 saturated heterocycles.